The summed E-state index contributed by atoms with van der Waals surface area (Å²) in [5.41, 5.74) is 0. The fraction of sp³-hybridized carbons (Fsp3) is 0.583. The molecule has 100 valence electrons. The lowest BCUT2D eigenvalue weighted by Crippen LogP contribution is -2.52. The van der Waals surface area contributed by atoms with Crippen LogP contribution in [0.5, 0.6) is 0 Å². The molecule has 0 radical (unpaired) electrons. The molecule has 1 atom stereocenters. The second-order valence-corrected chi connectivity index (χ2v) is 4.75. The summed E-state index contributed by atoms with van der Waals surface area (Å²) in [7, 11) is 4.21. The van der Waals surface area contributed by atoms with Crippen LogP contribution in [-0.2, 0) is 0 Å². The Morgan fingerprint density at radius 3 is 2.94 bits per heavy atom. The Kier molecular flexibility index (Phi) is 3.88. The molecule has 6 nitrogen and oxygen atoms in total. The molecule has 1 fully saturated rings. The number of carboxylic acid groups (broad SMARTS) is 1. The van der Waals surface area contributed by atoms with E-state index in [9.17, 15) is 4.79 Å². The molecule has 1 aromatic rings. The van der Waals surface area contributed by atoms with Gasteiger partial charge < -0.3 is 19.7 Å². The number of hydrogen-bond acceptors (Lipinski definition) is 5. The van der Waals surface area contributed by atoms with Crippen molar-refractivity contribution in [2.45, 2.75) is 6.04 Å². The van der Waals surface area contributed by atoms with Crippen LogP contribution in [0.15, 0.2) is 16.5 Å². The predicted octanol–water partition coefficient (Wildman–Crippen LogP) is 0.635. The number of nitrogens with zero attached hydrogens (tertiary/aromatic N) is 2. The fourth-order valence-corrected chi connectivity index (χ4v) is 2.09. The number of piperazine rings is 1. The highest BCUT2D eigenvalue weighted by Gasteiger charge is 2.22. The van der Waals surface area contributed by atoms with E-state index >= 15 is 0 Å². The first-order valence-electron chi connectivity index (χ1n) is 6.02. The third-order valence-electron chi connectivity index (χ3n) is 3.31. The topological polar surface area (TPSA) is 69.0 Å². The van der Waals surface area contributed by atoms with Crippen LogP contribution in [0, 0.1) is 0 Å². The summed E-state index contributed by atoms with van der Waals surface area (Å²) in [6, 6.07) is 3.51. The van der Waals surface area contributed by atoms with E-state index in [2.05, 4.69) is 29.2 Å². The molecule has 0 spiro atoms. The van der Waals surface area contributed by atoms with Crippen LogP contribution in [-0.4, -0.2) is 67.2 Å². The Bertz CT molecular complexity index is 418. The van der Waals surface area contributed by atoms with Crippen LogP contribution in [0.25, 0.3) is 0 Å². The number of carbonyl (C=O) groups is 1. The Balaban J connectivity index is 1.88. The molecule has 2 rings (SSSR count). The Morgan fingerprint density at radius 1 is 1.50 bits per heavy atom. The zero-order valence-electron chi connectivity index (χ0n) is 10.7. The molecule has 1 saturated heterocycles. The van der Waals surface area contributed by atoms with Gasteiger partial charge in [0.1, 0.15) is 0 Å². The van der Waals surface area contributed by atoms with Gasteiger partial charge in [-0.05, 0) is 20.2 Å². The smallest absolute Gasteiger partial charge is 0.371 e. The standard InChI is InChI=1S/C12H19N3O3/c1-14-5-6-15(2)9(8-14)7-13-11-4-3-10(18-11)12(16)17/h3-4,9,13H,5-8H2,1-2H3,(H,16,17). The highest BCUT2D eigenvalue weighted by atomic mass is 16.4. The molecule has 0 bridgehead atoms. The van der Waals surface area contributed by atoms with Gasteiger partial charge in [0.05, 0.1) is 0 Å². The summed E-state index contributed by atoms with van der Waals surface area (Å²) in [6.07, 6.45) is 0. The number of nitrogens with one attached hydrogen (secondary N) is 1. The van der Waals surface area contributed by atoms with Crippen molar-refractivity contribution in [1.29, 1.82) is 0 Å². The Hall–Kier alpha value is -1.53. The lowest BCUT2D eigenvalue weighted by molar-refractivity contribution is 0.0663. The predicted molar refractivity (Wildman–Crippen MR) is 68.1 cm³/mol. The summed E-state index contributed by atoms with van der Waals surface area (Å²) in [5.74, 6) is -0.571. The minimum absolute atomic E-state index is 0.0355. The maximum absolute atomic E-state index is 10.7. The average molecular weight is 253 g/mol. The first kappa shape index (κ1) is 12.9. The molecule has 18 heavy (non-hydrogen) atoms. The van der Waals surface area contributed by atoms with Gasteiger partial charge in [0.15, 0.2) is 5.88 Å². The molecule has 1 aromatic heterocycles. The average Bonchev–Trinajstić information content (AvgIpc) is 2.79. The minimum atomic E-state index is -1.04. The van der Waals surface area contributed by atoms with Crippen molar-refractivity contribution in [3.05, 3.63) is 17.9 Å². The van der Waals surface area contributed by atoms with Crippen molar-refractivity contribution in [2.24, 2.45) is 0 Å². The van der Waals surface area contributed by atoms with Gasteiger partial charge in [-0.25, -0.2) is 4.79 Å². The van der Waals surface area contributed by atoms with Crippen LogP contribution in [0.4, 0.5) is 5.88 Å². The van der Waals surface area contributed by atoms with E-state index in [4.69, 9.17) is 9.52 Å². The van der Waals surface area contributed by atoms with Crippen molar-refractivity contribution < 1.29 is 14.3 Å². The number of carboxylic acids is 1. The van der Waals surface area contributed by atoms with E-state index in [-0.39, 0.29) is 5.76 Å². The van der Waals surface area contributed by atoms with Crippen LogP contribution < -0.4 is 5.32 Å². The summed E-state index contributed by atoms with van der Waals surface area (Å²) in [6.45, 7) is 3.86. The third kappa shape index (κ3) is 3.02. The quantitative estimate of drug-likeness (QED) is 0.820. The van der Waals surface area contributed by atoms with Crippen LogP contribution >= 0.6 is 0 Å². The van der Waals surface area contributed by atoms with E-state index < -0.39 is 5.97 Å². The second-order valence-electron chi connectivity index (χ2n) is 4.75. The molecule has 0 aliphatic carbocycles. The van der Waals surface area contributed by atoms with Crippen LogP contribution in [0.2, 0.25) is 0 Å². The Morgan fingerprint density at radius 2 is 2.28 bits per heavy atom. The van der Waals surface area contributed by atoms with Gasteiger partial charge in [-0.3, -0.25) is 4.90 Å². The molecule has 1 aliphatic rings. The molecular formula is C12H19N3O3. The van der Waals surface area contributed by atoms with E-state index in [1.54, 1.807) is 6.07 Å². The first-order chi connectivity index (χ1) is 8.56. The normalized spacial score (nSPS) is 22.0. The molecule has 0 aromatic carbocycles. The van der Waals surface area contributed by atoms with Crippen LogP contribution in [0.3, 0.4) is 0 Å². The van der Waals surface area contributed by atoms with E-state index in [0.29, 0.717) is 11.9 Å². The summed E-state index contributed by atoms with van der Waals surface area (Å²) in [5, 5.41) is 11.9. The van der Waals surface area contributed by atoms with Gasteiger partial charge in [0, 0.05) is 38.3 Å². The SMILES string of the molecule is CN1CCN(C)C(CNc2ccc(C(=O)O)o2)C1. The minimum Gasteiger partial charge on any atom is -0.475 e. The highest BCUT2D eigenvalue weighted by Crippen LogP contribution is 2.14. The van der Waals surface area contributed by atoms with Gasteiger partial charge in [0.2, 0.25) is 5.76 Å². The zero-order chi connectivity index (χ0) is 13.1. The number of likely N-dealkylation sites (N-methyl/N-ethyl adjacent to an activating group) is 2. The van der Waals surface area contributed by atoms with E-state index in [1.807, 2.05) is 0 Å². The molecule has 6 heteroatoms. The Labute approximate surface area is 106 Å². The van der Waals surface area contributed by atoms with Gasteiger partial charge >= 0.3 is 5.97 Å². The van der Waals surface area contributed by atoms with Crippen molar-refractivity contribution >= 4 is 11.9 Å². The number of aromatic carboxylic acids is 1. The summed E-state index contributed by atoms with van der Waals surface area (Å²) in [4.78, 5) is 15.3. The van der Waals surface area contributed by atoms with Gasteiger partial charge in [-0.1, -0.05) is 0 Å². The van der Waals surface area contributed by atoms with Gasteiger partial charge in [0.25, 0.3) is 0 Å². The third-order valence-corrected chi connectivity index (χ3v) is 3.31. The first-order valence-corrected chi connectivity index (χ1v) is 6.02. The largest absolute Gasteiger partial charge is 0.475 e. The number of anilines is 1. The fourth-order valence-electron chi connectivity index (χ4n) is 2.09. The molecule has 2 heterocycles. The molecule has 0 saturated carbocycles. The maximum atomic E-state index is 10.7. The molecular weight excluding hydrogens is 234 g/mol. The maximum Gasteiger partial charge on any atom is 0.371 e. The lowest BCUT2D eigenvalue weighted by atomic mass is 10.2. The van der Waals surface area contributed by atoms with Gasteiger partial charge in [-0.15, -0.1) is 0 Å². The van der Waals surface area contributed by atoms with E-state index in [0.717, 1.165) is 26.2 Å². The second kappa shape index (κ2) is 5.41. The molecule has 0 amide bonds. The van der Waals surface area contributed by atoms with Crippen molar-refractivity contribution in [3.8, 4) is 0 Å². The van der Waals surface area contributed by atoms with Crippen molar-refractivity contribution in [1.82, 2.24) is 9.80 Å². The van der Waals surface area contributed by atoms with Crippen molar-refractivity contribution in [3.63, 3.8) is 0 Å². The van der Waals surface area contributed by atoms with E-state index in [1.165, 1.54) is 6.07 Å². The number of furan rings is 1. The molecule has 1 unspecified atom stereocenters. The zero-order valence-corrected chi connectivity index (χ0v) is 10.7. The number of rotatable bonds is 4. The van der Waals surface area contributed by atoms with Crippen LogP contribution in [0.1, 0.15) is 10.6 Å². The summed E-state index contributed by atoms with van der Waals surface area (Å²) >= 11 is 0. The number of hydrogen-bond donors (Lipinski definition) is 2. The molecule has 2 N–H and O–H groups in total. The summed E-state index contributed by atoms with van der Waals surface area (Å²) < 4.78 is 5.16. The monoisotopic (exact) mass is 253 g/mol. The highest BCUT2D eigenvalue weighted by molar-refractivity contribution is 5.84. The van der Waals surface area contributed by atoms with Crippen molar-refractivity contribution in [2.75, 3.05) is 45.6 Å². The van der Waals surface area contributed by atoms with Gasteiger partial charge in [-0.2, -0.15) is 0 Å². The lowest BCUT2D eigenvalue weighted by Gasteiger charge is -2.37. The molecule has 1 aliphatic heterocycles.